The molecule has 0 saturated carbocycles. The minimum atomic E-state index is -0.149. The van der Waals surface area contributed by atoms with Crippen LogP contribution >= 0.6 is 0 Å². The fourth-order valence-corrected chi connectivity index (χ4v) is 3.39. The Bertz CT molecular complexity index is 534. The summed E-state index contributed by atoms with van der Waals surface area (Å²) in [4.78, 5) is 14.7. The van der Waals surface area contributed by atoms with Gasteiger partial charge in [0.25, 0.3) is 0 Å². The molecule has 1 unspecified atom stereocenters. The minimum Gasteiger partial charge on any atom is -0.508 e. The third-order valence-corrected chi connectivity index (χ3v) is 4.59. The fraction of sp³-hybridized carbons (Fsp3) is 0.588. The molecule has 1 aromatic carbocycles. The number of carbonyl (C=O) groups is 1. The molecule has 1 aromatic rings. The predicted octanol–water partition coefficient (Wildman–Crippen LogP) is 1.68. The molecule has 3 rings (SSSR count). The minimum absolute atomic E-state index is 0.124. The van der Waals surface area contributed by atoms with Gasteiger partial charge in [0.05, 0.1) is 13.2 Å². The first-order chi connectivity index (χ1) is 10.6. The molecule has 0 radical (unpaired) electrons. The van der Waals surface area contributed by atoms with Gasteiger partial charge in [-0.1, -0.05) is 12.1 Å². The summed E-state index contributed by atoms with van der Waals surface area (Å²) in [6.45, 7) is 4.83. The van der Waals surface area contributed by atoms with Crippen LogP contribution in [0.2, 0.25) is 0 Å². The number of hydrogen-bond donors (Lipinski definition) is 2. The van der Waals surface area contributed by atoms with E-state index >= 15 is 0 Å². The number of ether oxygens (including phenoxy) is 1. The number of nitrogens with zero attached hydrogens (tertiary/aromatic N) is 1. The Morgan fingerprint density at radius 3 is 3.09 bits per heavy atom. The van der Waals surface area contributed by atoms with Crippen LogP contribution < -0.4 is 5.32 Å². The Balaban J connectivity index is 1.66. The first-order valence-electron chi connectivity index (χ1n) is 8.06. The molecule has 1 amide bonds. The molecule has 0 aliphatic carbocycles. The molecule has 5 heteroatoms. The molecule has 2 heterocycles. The summed E-state index contributed by atoms with van der Waals surface area (Å²) in [5, 5.41) is 13.0. The van der Waals surface area contributed by atoms with Crippen LogP contribution in [0.1, 0.15) is 31.4 Å². The number of amides is 1. The summed E-state index contributed by atoms with van der Waals surface area (Å²) in [6.07, 6.45) is 1.67. The highest BCUT2D eigenvalue weighted by molar-refractivity contribution is 5.79. The Morgan fingerprint density at radius 1 is 1.45 bits per heavy atom. The second kappa shape index (κ2) is 6.67. The van der Waals surface area contributed by atoms with Crippen LogP contribution in [0, 0.1) is 5.92 Å². The first-order valence-corrected chi connectivity index (χ1v) is 8.06. The number of morpholine rings is 1. The number of benzene rings is 1. The van der Waals surface area contributed by atoms with E-state index in [9.17, 15) is 9.90 Å². The van der Waals surface area contributed by atoms with Crippen LogP contribution in [0.15, 0.2) is 24.3 Å². The van der Waals surface area contributed by atoms with Crippen molar-refractivity contribution in [3.05, 3.63) is 29.8 Å². The molecule has 0 spiro atoms. The van der Waals surface area contributed by atoms with Gasteiger partial charge in [-0.05, 0) is 44.0 Å². The van der Waals surface area contributed by atoms with Crippen LogP contribution in [-0.4, -0.2) is 48.2 Å². The molecule has 120 valence electrons. The van der Waals surface area contributed by atoms with Crippen LogP contribution in [0.3, 0.4) is 0 Å². The lowest BCUT2D eigenvalue weighted by atomic mass is 9.91. The number of aromatic hydroxyl groups is 1. The number of carbonyl (C=O) groups excluding carboxylic acids is 1. The average molecular weight is 304 g/mol. The summed E-state index contributed by atoms with van der Waals surface area (Å²) in [5.74, 6) is 0.609. The van der Waals surface area contributed by atoms with Gasteiger partial charge in [0.1, 0.15) is 11.9 Å². The second-order valence-electron chi connectivity index (χ2n) is 6.32. The Morgan fingerprint density at radius 2 is 2.32 bits per heavy atom. The topological polar surface area (TPSA) is 61.8 Å². The van der Waals surface area contributed by atoms with E-state index in [4.69, 9.17) is 4.74 Å². The van der Waals surface area contributed by atoms with E-state index in [2.05, 4.69) is 12.2 Å². The predicted molar refractivity (Wildman–Crippen MR) is 83.6 cm³/mol. The number of phenolic OH excluding ortho intramolecular Hbond substituents is 1. The van der Waals surface area contributed by atoms with Gasteiger partial charge in [0, 0.05) is 18.5 Å². The molecule has 0 bridgehead atoms. The van der Waals surface area contributed by atoms with E-state index in [1.54, 1.807) is 12.1 Å². The van der Waals surface area contributed by atoms with Gasteiger partial charge in [0.2, 0.25) is 5.91 Å². The highest BCUT2D eigenvalue weighted by Crippen LogP contribution is 2.27. The highest BCUT2D eigenvalue weighted by atomic mass is 16.5. The number of rotatable bonds is 2. The van der Waals surface area contributed by atoms with E-state index in [1.165, 1.54) is 0 Å². The third-order valence-electron chi connectivity index (χ3n) is 4.59. The average Bonchev–Trinajstić information content (AvgIpc) is 2.54. The van der Waals surface area contributed by atoms with Gasteiger partial charge < -0.3 is 20.1 Å². The first kappa shape index (κ1) is 15.3. The molecule has 2 aliphatic heterocycles. The SMILES string of the molecule is C[C@H]1C[C@@H](C(=O)N2CCOC(c3cccc(O)c3)C2)CCN1. The maximum absolute atomic E-state index is 12.7. The van der Waals surface area contributed by atoms with Gasteiger partial charge in [-0.2, -0.15) is 0 Å². The van der Waals surface area contributed by atoms with Crippen molar-refractivity contribution < 1.29 is 14.6 Å². The van der Waals surface area contributed by atoms with E-state index in [0.717, 1.165) is 24.9 Å². The maximum atomic E-state index is 12.7. The number of phenols is 1. The van der Waals surface area contributed by atoms with E-state index < -0.39 is 0 Å². The summed E-state index contributed by atoms with van der Waals surface area (Å²) in [5.41, 5.74) is 0.927. The van der Waals surface area contributed by atoms with Crippen molar-refractivity contribution in [2.24, 2.45) is 5.92 Å². The second-order valence-corrected chi connectivity index (χ2v) is 6.32. The Labute approximate surface area is 131 Å². The fourth-order valence-electron chi connectivity index (χ4n) is 3.39. The molecule has 3 atom stereocenters. The van der Waals surface area contributed by atoms with Crippen LogP contribution in [0.25, 0.3) is 0 Å². The van der Waals surface area contributed by atoms with E-state index in [-0.39, 0.29) is 23.7 Å². The quantitative estimate of drug-likeness (QED) is 0.873. The smallest absolute Gasteiger partial charge is 0.225 e. The third kappa shape index (κ3) is 3.42. The van der Waals surface area contributed by atoms with Gasteiger partial charge in [-0.15, -0.1) is 0 Å². The zero-order chi connectivity index (χ0) is 15.5. The molecule has 2 saturated heterocycles. The van der Waals surface area contributed by atoms with Crippen molar-refractivity contribution in [1.82, 2.24) is 10.2 Å². The molecule has 22 heavy (non-hydrogen) atoms. The van der Waals surface area contributed by atoms with E-state index in [0.29, 0.717) is 25.7 Å². The normalized spacial score (nSPS) is 29.3. The van der Waals surface area contributed by atoms with Crippen molar-refractivity contribution in [2.75, 3.05) is 26.2 Å². The van der Waals surface area contributed by atoms with Crippen molar-refractivity contribution in [3.8, 4) is 5.75 Å². The van der Waals surface area contributed by atoms with Gasteiger partial charge >= 0.3 is 0 Å². The highest BCUT2D eigenvalue weighted by Gasteiger charge is 2.32. The lowest BCUT2D eigenvalue weighted by Gasteiger charge is -2.37. The van der Waals surface area contributed by atoms with Gasteiger partial charge in [-0.3, -0.25) is 4.79 Å². The largest absolute Gasteiger partial charge is 0.508 e. The number of hydrogen-bond acceptors (Lipinski definition) is 4. The molecular weight excluding hydrogens is 280 g/mol. The Kier molecular flexibility index (Phi) is 4.64. The van der Waals surface area contributed by atoms with Crippen LogP contribution in [0.5, 0.6) is 5.75 Å². The zero-order valence-electron chi connectivity index (χ0n) is 13.0. The van der Waals surface area contributed by atoms with Crippen molar-refractivity contribution in [2.45, 2.75) is 31.9 Å². The molecule has 2 N–H and O–H groups in total. The van der Waals surface area contributed by atoms with Crippen LogP contribution in [0.4, 0.5) is 0 Å². The van der Waals surface area contributed by atoms with E-state index in [1.807, 2.05) is 17.0 Å². The summed E-state index contributed by atoms with van der Waals surface area (Å²) in [6, 6.07) is 7.51. The van der Waals surface area contributed by atoms with Gasteiger partial charge in [-0.25, -0.2) is 0 Å². The Hall–Kier alpha value is -1.59. The number of nitrogens with one attached hydrogen (secondary N) is 1. The standard InChI is InChI=1S/C17H24N2O3/c1-12-9-14(5-6-18-12)17(21)19-7-8-22-16(11-19)13-3-2-4-15(20)10-13/h2-4,10,12,14,16,18,20H,5-9,11H2,1H3/t12-,14-,16?/m0/s1. The molecule has 2 aliphatic rings. The monoisotopic (exact) mass is 304 g/mol. The summed E-state index contributed by atoms with van der Waals surface area (Å²) < 4.78 is 5.79. The van der Waals surface area contributed by atoms with Crippen molar-refractivity contribution in [3.63, 3.8) is 0 Å². The van der Waals surface area contributed by atoms with Crippen molar-refractivity contribution in [1.29, 1.82) is 0 Å². The lowest BCUT2D eigenvalue weighted by Crippen LogP contribution is -2.48. The van der Waals surface area contributed by atoms with Gasteiger partial charge in [0.15, 0.2) is 0 Å². The molecule has 2 fully saturated rings. The van der Waals surface area contributed by atoms with Crippen LogP contribution in [-0.2, 0) is 9.53 Å². The molecule has 5 nitrogen and oxygen atoms in total. The van der Waals surface area contributed by atoms with Crippen molar-refractivity contribution >= 4 is 5.91 Å². The lowest BCUT2D eigenvalue weighted by molar-refractivity contribution is -0.144. The number of piperidine rings is 1. The zero-order valence-corrected chi connectivity index (χ0v) is 13.0. The molecule has 0 aromatic heterocycles. The maximum Gasteiger partial charge on any atom is 0.225 e. The summed E-state index contributed by atoms with van der Waals surface area (Å²) >= 11 is 0. The summed E-state index contributed by atoms with van der Waals surface area (Å²) in [7, 11) is 0. The molecular formula is C17H24N2O3.